The summed E-state index contributed by atoms with van der Waals surface area (Å²) in [5, 5.41) is 13.1. The molecule has 2 heterocycles. The van der Waals surface area contributed by atoms with Gasteiger partial charge in [0, 0.05) is 0 Å². The lowest BCUT2D eigenvalue weighted by molar-refractivity contribution is 0.0693. The average Bonchev–Trinajstić information content (AvgIpc) is 2.68. The van der Waals surface area contributed by atoms with Gasteiger partial charge in [-0.2, -0.15) is 5.10 Å². The van der Waals surface area contributed by atoms with Crippen LogP contribution in [0.4, 0.5) is 0 Å². The molecule has 0 aliphatic carbocycles. The Morgan fingerprint density at radius 1 is 1.58 bits per heavy atom. The van der Waals surface area contributed by atoms with Gasteiger partial charge in [-0.05, 0) is 13.8 Å². The Bertz CT molecular complexity index is 728. The summed E-state index contributed by atoms with van der Waals surface area (Å²) in [7, 11) is 0. The summed E-state index contributed by atoms with van der Waals surface area (Å²) in [4.78, 5) is 29.2. The third-order valence-corrected chi connectivity index (χ3v) is 2.38. The number of hydrogen-bond donors (Lipinski definition) is 2. The highest BCUT2D eigenvalue weighted by molar-refractivity contribution is 5.93. The molecule has 2 rings (SSSR count). The van der Waals surface area contributed by atoms with Gasteiger partial charge in [0.2, 0.25) is 0 Å². The number of imidazole rings is 1. The van der Waals surface area contributed by atoms with Crippen LogP contribution in [0.15, 0.2) is 11.4 Å². The van der Waals surface area contributed by atoms with Crippen LogP contribution in [0.3, 0.4) is 0 Å². The van der Waals surface area contributed by atoms with E-state index in [0.717, 1.165) is 4.52 Å². The minimum atomic E-state index is -1.32. The van der Waals surface area contributed by atoms with E-state index in [1.165, 1.54) is 0 Å². The molecule has 2 N–H and O–H groups in total. The van der Waals surface area contributed by atoms with Crippen LogP contribution in [0.5, 0.6) is 0 Å². The molecule has 8 heteroatoms. The smallest absolute Gasteiger partial charge is 0.357 e. The molecule has 0 saturated carbocycles. The molecule has 0 fully saturated rings. The minimum Gasteiger partial charge on any atom is -0.491 e. The zero-order chi connectivity index (χ0) is 14.2. The lowest BCUT2D eigenvalue weighted by atomic mass is 10.4. The van der Waals surface area contributed by atoms with Gasteiger partial charge in [-0.1, -0.05) is 6.58 Å². The summed E-state index contributed by atoms with van der Waals surface area (Å²) in [6, 6.07) is 0. The van der Waals surface area contributed by atoms with E-state index in [1.807, 2.05) is 0 Å². The van der Waals surface area contributed by atoms with E-state index in [-0.39, 0.29) is 22.8 Å². The quantitative estimate of drug-likeness (QED) is 0.775. The minimum absolute atomic E-state index is 0.100. The van der Waals surface area contributed by atoms with Crippen LogP contribution in [-0.4, -0.2) is 37.3 Å². The van der Waals surface area contributed by atoms with Crippen LogP contribution in [0.25, 0.3) is 11.3 Å². The summed E-state index contributed by atoms with van der Waals surface area (Å²) in [5.74, 6) is -0.729. The molecule has 2 aromatic rings. The molecule has 0 aliphatic heterocycles. The third-order valence-electron chi connectivity index (χ3n) is 2.38. The zero-order valence-electron chi connectivity index (χ0n) is 10.4. The Labute approximate surface area is 107 Å². The van der Waals surface area contributed by atoms with Crippen molar-refractivity contribution in [3.63, 3.8) is 0 Å². The number of aromatic nitrogens is 4. The lowest BCUT2D eigenvalue weighted by Gasteiger charge is -2.04. The van der Waals surface area contributed by atoms with Crippen molar-refractivity contribution in [3.05, 3.63) is 34.3 Å². The molecule has 0 saturated heterocycles. The van der Waals surface area contributed by atoms with Crippen LogP contribution in [0, 0.1) is 6.92 Å². The van der Waals surface area contributed by atoms with Gasteiger partial charge in [-0.25, -0.2) is 14.3 Å². The van der Waals surface area contributed by atoms with Crippen molar-refractivity contribution in [1.29, 1.82) is 0 Å². The second kappa shape index (κ2) is 4.56. The van der Waals surface area contributed by atoms with Crippen LogP contribution >= 0.6 is 0 Å². The van der Waals surface area contributed by atoms with E-state index in [1.54, 1.807) is 13.8 Å². The van der Waals surface area contributed by atoms with Crippen molar-refractivity contribution in [2.45, 2.75) is 13.8 Å². The zero-order valence-corrected chi connectivity index (χ0v) is 10.4. The van der Waals surface area contributed by atoms with Crippen LogP contribution in [0.2, 0.25) is 0 Å². The van der Waals surface area contributed by atoms with E-state index >= 15 is 0 Å². The van der Waals surface area contributed by atoms with Gasteiger partial charge in [-0.3, -0.25) is 4.79 Å². The van der Waals surface area contributed by atoms with Gasteiger partial charge in [0.1, 0.15) is 5.82 Å². The van der Waals surface area contributed by atoms with Crippen molar-refractivity contribution >= 4 is 17.2 Å². The summed E-state index contributed by atoms with van der Waals surface area (Å²) >= 11 is 0. The maximum absolute atomic E-state index is 11.8. The van der Waals surface area contributed by atoms with Crippen LogP contribution < -0.4 is 5.56 Å². The first-order chi connectivity index (χ1) is 8.95. The Morgan fingerprint density at radius 3 is 2.84 bits per heavy atom. The fourth-order valence-corrected chi connectivity index (χ4v) is 1.68. The van der Waals surface area contributed by atoms with Crippen molar-refractivity contribution < 1.29 is 14.6 Å². The van der Waals surface area contributed by atoms with Crippen LogP contribution in [-0.2, 0) is 4.74 Å². The van der Waals surface area contributed by atoms with Gasteiger partial charge in [0.15, 0.2) is 22.8 Å². The van der Waals surface area contributed by atoms with Crippen molar-refractivity contribution in [2.24, 2.45) is 0 Å². The van der Waals surface area contributed by atoms with E-state index in [4.69, 9.17) is 9.84 Å². The number of carboxylic acid groups (broad SMARTS) is 1. The lowest BCUT2D eigenvalue weighted by Crippen LogP contribution is -2.17. The number of carboxylic acids is 1. The summed E-state index contributed by atoms with van der Waals surface area (Å²) in [5.41, 5.74) is -1.11. The topological polar surface area (TPSA) is 110 Å². The number of hydrogen-bond acceptors (Lipinski definition) is 5. The van der Waals surface area contributed by atoms with Gasteiger partial charge < -0.3 is 14.8 Å². The Hall–Kier alpha value is -2.64. The highest BCUT2D eigenvalue weighted by Crippen LogP contribution is 2.16. The molecule has 0 unspecified atom stereocenters. The van der Waals surface area contributed by atoms with E-state index in [9.17, 15) is 9.59 Å². The fourth-order valence-electron chi connectivity index (χ4n) is 1.68. The Balaban J connectivity index is 2.82. The number of aryl methyl sites for hydroxylation is 1. The highest BCUT2D eigenvalue weighted by atomic mass is 16.5. The summed E-state index contributed by atoms with van der Waals surface area (Å²) < 4.78 is 6.32. The van der Waals surface area contributed by atoms with Gasteiger partial charge in [-0.15, -0.1) is 0 Å². The molecule has 0 amide bonds. The van der Waals surface area contributed by atoms with Gasteiger partial charge >= 0.3 is 5.97 Å². The molecule has 0 radical (unpaired) electrons. The van der Waals surface area contributed by atoms with Crippen molar-refractivity contribution in [1.82, 2.24) is 19.6 Å². The van der Waals surface area contributed by atoms with Gasteiger partial charge in [0.05, 0.1) is 6.61 Å². The first kappa shape index (κ1) is 12.8. The van der Waals surface area contributed by atoms with Crippen molar-refractivity contribution in [2.75, 3.05) is 6.61 Å². The predicted octanol–water partition coefficient (Wildman–Crippen LogP) is 0.431. The standard InChI is InChI=1S/C11H12N4O4/c1-4-19-5(2)9-13-7(11(17)18)8-10(16)12-6(3)14-15(8)9/h2,4H2,1,3H3,(H,17,18)(H,12,14,16). The normalized spacial score (nSPS) is 10.6. The number of fused-ring (bicyclic) bond motifs is 1. The SMILES string of the molecule is C=C(OCC)c1nc(C(=O)O)c2c(=O)[nH]c(C)nn12. The monoisotopic (exact) mass is 264 g/mol. The summed E-state index contributed by atoms with van der Waals surface area (Å²) in [6.07, 6.45) is 0. The van der Waals surface area contributed by atoms with Crippen LogP contribution in [0.1, 0.15) is 29.1 Å². The average molecular weight is 264 g/mol. The second-order valence-corrected chi connectivity index (χ2v) is 3.75. The van der Waals surface area contributed by atoms with E-state index < -0.39 is 11.5 Å². The Morgan fingerprint density at radius 2 is 2.26 bits per heavy atom. The molecule has 0 aliphatic rings. The van der Waals surface area contributed by atoms with E-state index in [0.29, 0.717) is 12.4 Å². The molecular formula is C11H12N4O4. The maximum Gasteiger partial charge on any atom is 0.357 e. The number of ether oxygens (including phenoxy) is 1. The number of rotatable bonds is 4. The first-order valence-corrected chi connectivity index (χ1v) is 5.50. The third kappa shape index (κ3) is 2.07. The molecule has 100 valence electrons. The predicted molar refractivity (Wildman–Crippen MR) is 66.0 cm³/mol. The molecule has 0 aromatic carbocycles. The van der Waals surface area contributed by atoms with Gasteiger partial charge in [0.25, 0.3) is 5.56 Å². The fraction of sp³-hybridized carbons (Fsp3) is 0.273. The molecular weight excluding hydrogens is 252 g/mol. The molecule has 0 spiro atoms. The highest BCUT2D eigenvalue weighted by Gasteiger charge is 2.22. The molecule has 19 heavy (non-hydrogen) atoms. The molecule has 8 nitrogen and oxygen atoms in total. The number of nitrogens with zero attached hydrogens (tertiary/aromatic N) is 3. The number of H-pyrrole nitrogens is 1. The van der Waals surface area contributed by atoms with Crippen molar-refractivity contribution in [3.8, 4) is 0 Å². The molecule has 0 bridgehead atoms. The second-order valence-electron chi connectivity index (χ2n) is 3.75. The maximum atomic E-state index is 11.8. The number of carbonyl (C=O) groups is 1. The Kier molecular flexibility index (Phi) is 3.07. The summed E-state index contributed by atoms with van der Waals surface area (Å²) in [6.45, 7) is 7.32. The number of nitrogens with one attached hydrogen (secondary N) is 1. The molecule has 2 aromatic heterocycles. The largest absolute Gasteiger partial charge is 0.491 e. The number of aromatic amines is 1. The first-order valence-electron chi connectivity index (χ1n) is 5.50. The van der Waals surface area contributed by atoms with E-state index in [2.05, 4.69) is 21.6 Å². The number of aromatic carboxylic acids is 1. The molecule has 0 atom stereocenters.